The highest BCUT2D eigenvalue weighted by molar-refractivity contribution is 14.1. The summed E-state index contributed by atoms with van der Waals surface area (Å²) in [6, 6.07) is 0. The number of rotatable bonds is 8. The molecule has 0 spiro atoms. The first kappa shape index (κ1) is 19.8. The van der Waals surface area contributed by atoms with Gasteiger partial charge < -0.3 is 8.85 Å². The van der Waals surface area contributed by atoms with Crippen LogP contribution in [0.4, 0.5) is 0 Å². The molecule has 0 radical (unpaired) electrons. The molecule has 0 fully saturated rings. The molecule has 0 rings (SSSR count). The van der Waals surface area contributed by atoms with Crippen LogP contribution in [0.15, 0.2) is 10.2 Å². The number of hydrogen-bond acceptors (Lipinski definition) is 2. The first-order chi connectivity index (χ1) is 8.43. The Bertz CT molecular complexity index is 295. The topological polar surface area (TPSA) is 18.5 Å². The molecule has 0 aliphatic carbocycles. The van der Waals surface area contributed by atoms with Gasteiger partial charge in [0.1, 0.15) is 0 Å². The van der Waals surface area contributed by atoms with E-state index in [1.807, 2.05) is 0 Å². The van der Waals surface area contributed by atoms with Crippen molar-refractivity contribution in [1.82, 2.24) is 0 Å². The van der Waals surface area contributed by atoms with Crippen LogP contribution in [0, 0.1) is 0 Å². The fraction of sp³-hybridized carbons (Fsp3) is 0.857. The van der Waals surface area contributed by atoms with Gasteiger partial charge in [0.05, 0.1) is 11.7 Å². The van der Waals surface area contributed by atoms with Crippen LogP contribution in [0.1, 0.15) is 26.7 Å². The SMILES string of the molecule is CCCC(C)(O[Si](C)(C)C)C(C=CI)O[Si](C)(C)C. The van der Waals surface area contributed by atoms with Crippen molar-refractivity contribution in [1.29, 1.82) is 0 Å². The third-order valence-corrected chi connectivity index (χ3v) is 5.07. The molecule has 0 amide bonds. The Balaban J connectivity index is 5.26. The van der Waals surface area contributed by atoms with Crippen LogP contribution >= 0.6 is 22.6 Å². The quantitative estimate of drug-likeness (QED) is 0.382. The van der Waals surface area contributed by atoms with Gasteiger partial charge in [-0.05, 0) is 62.8 Å². The number of hydrogen-bond donors (Lipinski definition) is 0. The lowest BCUT2D eigenvalue weighted by atomic mass is 9.94. The standard InChI is InChI=1S/C14H31IO2Si2/c1-9-11-14(2,17-19(6,7)8)13(10-12-15)16-18(3,4)5/h10,12-13H,9,11H2,1-8H3. The predicted octanol–water partition coefficient (Wildman–Crippen LogP) is 5.57. The molecule has 0 heterocycles. The molecule has 0 saturated heterocycles. The average Bonchev–Trinajstić information content (AvgIpc) is 2.12. The Labute approximate surface area is 135 Å². The molecule has 0 aromatic heterocycles. The van der Waals surface area contributed by atoms with Crippen LogP contribution in [-0.4, -0.2) is 28.3 Å². The van der Waals surface area contributed by atoms with Crippen molar-refractivity contribution in [2.75, 3.05) is 0 Å². The van der Waals surface area contributed by atoms with Gasteiger partial charge in [0, 0.05) is 0 Å². The van der Waals surface area contributed by atoms with Crippen molar-refractivity contribution in [2.24, 2.45) is 0 Å². The van der Waals surface area contributed by atoms with Crippen molar-refractivity contribution in [3.05, 3.63) is 10.2 Å². The van der Waals surface area contributed by atoms with E-state index in [1.54, 1.807) is 0 Å². The van der Waals surface area contributed by atoms with Crippen LogP contribution in [0.2, 0.25) is 39.3 Å². The minimum absolute atomic E-state index is 0.0581. The molecular weight excluding hydrogens is 383 g/mol. The summed E-state index contributed by atoms with van der Waals surface area (Å²) in [5.41, 5.74) is -0.207. The molecule has 0 bridgehead atoms. The first-order valence-corrected chi connectivity index (χ1v) is 15.1. The highest BCUT2D eigenvalue weighted by Gasteiger charge is 2.39. The zero-order valence-corrected chi connectivity index (χ0v) is 18.0. The average molecular weight is 414 g/mol. The van der Waals surface area contributed by atoms with Crippen molar-refractivity contribution in [3.63, 3.8) is 0 Å². The monoisotopic (exact) mass is 414 g/mol. The molecule has 0 N–H and O–H groups in total. The summed E-state index contributed by atoms with van der Waals surface area (Å²) in [6.07, 6.45) is 4.37. The summed E-state index contributed by atoms with van der Waals surface area (Å²) in [5.74, 6) is 0. The van der Waals surface area contributed by atoms with Crippen LogP contribution in [-0.2, 0) is 8.85 Å². The third-order valence-electron chi connectivity index (χ3n) is 2.62. The second kappa shape index (κ2) is 7.72. The van der Waals surface area contributed by atoms with Crippen LogP contribution in [0.5, 0.6) is 0 Å². The zero-order valence-electron chi connectivity index (χ0n) is 13.8. The maximum Gasteiger partial charge on any atom is 0.184 e. The summed E-state index contributed by atoms with van der Waals surface area (Å²) >= 11 is 2.27. The fourth-order valence-corrected chi connectivity index (χ4v) is 5.35. The molecule has 5 heteroatoms. The molecule has 0 aliphatic rings. The summed E-state index contributed by atoms with van der Waals surface area (Å²) in [6.45, 7) is 17.9. The van der Waals surface area contributed by atoms with Crippen molar-refractivity contribution in [3.8, 4) is 0 Å². The largest absolute Gasteiger partial charge is 0.409 e. The second-order valence-electron chi connectivity index (χ2n) is 7.25. The Morgan fingerprint density at radius 2 is 1.63 bits per heavy atom. The van der Waals surface area contributed by atoms with Gasteiger partial charge in [0.2, 0.25) is 0 Å². The van der Waals surface area contributed by atoms with E-state index < -0.39 is 16.6 Å². The molecule has 0 saturated carbocycles. The van der Waals surface area contributed by atoms with Gasteiger partial charge in [-0.3, -0.25) is 0 Å². The van der Waals surface area contributed by atoms with E-state index in [0.717, 1.165) is 12.8 Å². The number of halogens is 1. The third kappa shape index (κ3) is 8.65. The van der Waals surface area contributed by atoms with E-state index in [0.29, 0.717) is 0 Å². The Hall–Kier alpha value is 0.824. The minimum atomic E-state index is -1.60. The molecule has 2 unspecified atom stereocenters. The Morgan fingerprint density at radius 1 is 1.11 bits per heavy atom. The van der Waals surface area contributed by atoms with E-state index in [2.05, 4.69) is 85.9 Å². The molecule has 114 valence electrons. The van der Waals surface area contributed by atoms with Crippen LogP contribution in [0.25, 0.3) is 0 Å². The zero-order chi connectivity index (χ0) is 15.3. The van der Waals surface area contributed by atoms with Gasteiger partial charge in [-0.1, -0.05) is 35.9 Å². The van der Waals surface area contributed by atoms with Crippen LogP contribution < -0.4 is 0 Å². The van der Waals surface area contributed by atoms with Crippen molar-refractivity contribution >= 4 is 39.2 Å². The Morgan fingerprint density at radius 3 is 1.95 bits per heavy atom. The van der Waals surface area contributed by atoms with Gasteiger partial charge >= 0.3 is 0 Å². The smallest absolute Gasteiger partial charge is 0.184 e. The first-order valence-electron chi connectivity index (χ1n) is 7.08. The summed E-state index contributed by atoms with van der Waals surface area (Å²) in [4.78, 5) is 0. The highest BCUT2D eigenvalue weighted by Crippen LogP contribution is 2.31. The maximum atomic E-state index is 6.51. The van der Waals surface area contributed by atoms with Crippen LogP contribution in [0.3, 0.4) is 0 Å². The molecular formula is C14H31IO2Si2. The van der Waals surface area contributed by atoms with Gasteiger partial charge in [0.25, 0.3) is 0 Å². The lowest BCUT2D eigenvalue weighted by molar-refractivity contribution is -0.0201. The van der Waals surface area contributed by atoms with E-state index in [-0.39, 0.29) is 11.7 Å². The second-order valence-corrected chi connectivity index (χ2v) is 16.9. The van der Waals surface area contributed by atoms with Gasteiger partial charge in [-0.2, -0.15) is 0 Å². The van der Waals surface area contributed by atoms with E-state index in [4.69, 9.17) is 8.85 Å². The predicted molar refractivity (Wildman–Crippen MR) is 99.1 cm³/mol. The highest BCUT2D eigenvalue weighted by atomic mass is 127. The molecule has 19 heavy (non-hydrogen) atoms. The van der Waals surface area contributed by atoms with Gasteiger partial charge in [0.15, 0.2) is 16.6 Å². The van der Waals surface area contributed by atoms with Crippen molar-refractivity contribution in [2.45, 2.75) is 77.7 Å². The lowest BCUT2D eigenvalue weighted by Crippen LogP contribution is -2.52. The van der Waals surface area contributed by atoms with E-state index in [1.165, 1.54) is 0 Å². The van der Waals surface area contributed by atoms with Gasteiger partial charge in [-0.15, -0.1) is 0 Å². The molecule has 2 atom stereocenters. The molecule has 0 aromatic carbocycles. The lowest BCUT2D eigenvalue weighted by Gasteiger charge is -2.43. The van der Waals surface area contributed by atoms with Crippen molar-refractivity contribution < 1.29 is 8.85 Å². The molecule has 2 nitrogen and oxygen atoms in total. The summed E-state index contributed by atoms with van der Waals surface area (Å²) < 4.78 is 15.0. The molecule has 0 aromatic rings. The molecule has 0 aliphatic heterocycles. The fourth-order valence-electron chi connectivity index (χ4n) is 2.26. The maximum absolute atomic E-state index is 6.51. The summed E-state index contributed by atoms with van der Waals surface area (Å²) in [5, 5.41) is 0. The van der Waals surface area contributed by atoms with E-state index in [9.17, 15) is 0 Å². The Kier molecular flexibility index (Phi) is 8.06. The van der Waals surface area contributed by atoms with Gasteiger partial charge in [-0.25, -0.2) is 0 Å². The normalized spacial score (nSPS) is 18.6. The van der Waals surface area contributed by atoms with E-state index >= 15 is 0 Å². The minimum Gasteiger partial charge on any atom is -0.409 e. The summed E-state index contributed by atoms with van der Waals surface area (Å²) in [7, 11) is -3.19.